The highest BCUT2D eigenvalue weighted by Crippen LogP contribution is 2.29. The van der Waals surface area contributed by atoms with E-state index in [2.05, 4.69) is 21.9 Å². The van der Waals surface area contributed by atoms with Crippen molar-refractivity contribution in [3.8, 4) is 11.8 Å². The molecule has 0 spiro atoms. The minimum absolute atomic E-state index is 0.0000926. The summed E-state index contributed by atoms with van der Waals surface area (Å²) in [5.41, 5.74) is 0. The van der Waals surface area contributed by atoms with Crippen LogP contribution in [0.3, 0.4) is 0 Å². The number of hydrogen-bond donors (Lipinski definition) is 0. The number of ether oxygens (including phenoxy) is 1. The van der Waals surface area contributed by atoms with Crippen LogP contribution in [0, 0.1) is 11.8 Å². The van der Waals surface area contributed by atoms with Gasteiger partial charge in [-0.15, -0.1) is 11.8 Å². The number of hydrogen-bond acceptors (Lipinski definition) is 4. The predicted molar refractivity (Wildman–Crippen MR) is 50.4 cm³/mol. The first-order valence-corrected chi connectivity index (χ1v) is 5.01. The smallest absolute Gasteiger partial charge is 0.214 e. The highest BCUT2D eigenvalue weighted by atomic mass is 16.7. The van der Waals surface area contributed by atoms with Crippen molar-refractivity contribution in [3.63, 3.8) is 0 Å². The summed E-state index contributed by atoms with van der Waals surface area (Å²) in [5.74, 6) is 6.27. The van der Waals surface area contributed by atoms with E-state index < -0.39 is 0 Å². The zero-order valence-electron chi connectivity index (χ0n) is 7.85. The van der Waals surface area contributed by atoms with Crippen LogP contribution in [-0.2, 0) is 9.57 Å². The molecule has 1 fully saturated rings. The van der Waals surface area contributed by atoms with Gasteiger partial charge >= 0.3 is 0 Å². The van der Waals surface area contributed by atoms with Gasteiger partial charge in [-0.2, -0.15) is 0 Å². The van der Waals surface area contributed by atoms with E-state index in [4.69, 9.17) is 9.57 Å². The van der Waals surface area contributed by atoms with Gasteiger partial charge in [0, 0.05) is 19.4 Å². The molecule has 0 aromatic carbocycles. The Morgan fingerprint density at radius 1 is 1.36 bits per heavy atom. The van der Waals surface area contributed by atoms with E-state index in [0.29, 0.717) is 0 Å². The fourth-order valence-corrected chi connectivity index (χ4v) is 2.13. The first-order chi connectivity index (χ1) is 6.95. The van der Waals surface area contributed by atoms with Gasteiger partial charge in [0.15, 0.2) is 6.10 Å². The van der Waals surface area contributed by atoms with Crippen molar-refractivity contribution >= 4 is 6.21 Å². The van der Waals surface area contributed by atoms with Crippen LogP contribution in [0.25, 0.3) is 0 Å². The SMILES string of the molecule is C1#CCCN2C(CC1)OC1C=NOC12. The van der Waals surface area contributed by atoms with Crippen molar-refractivity contribution in [1.29, 1.82) is 0 Å². The lowest BCUT2D eigenvalue weighted by Gasteiger charge is -2.25. The molecule has 0 N–H and O–H groups in total. The molecule has 0 aromatic rings. The Hall–Kier alpha value is -1.05. The van der Waals surface area contributed by atoms with E-state index in [0.717, 1.165) is 25.8 Å². The zero-order valence-corrected chi connectivity index (χ0v) is 7.85. The summed E-state index contributed by atoms with van der Waals surface area (Å²) >= 11 is 0. The molecule has 0 aromatic heterocycles. The van der Waals surface area contributed by atoms with Crippen molar-refractivity contribution in [3.05, 3.63) is 0 Å². The van der Waals surface area contributed by atoms with Gasteiger partial charge in [-0.05, 0) is 6.42 Å². The Kier molecular flexibility index (Phi) is 1.93. The second kappa shape index (κ2) is 3.26. The fourth-order valence-electron chi connectivity index (χ4n) is 2.13. The summed E-state index contributed by atoms with van der Waals surface area (Å²) in [7, 11) is 0. The molecule has 14 heavy (non-hydrogen) atoms. The van der Waals surface area contributed by atoms with Crippen LogP contribution in [-0.4, -0.2) is 36.2 Å². The summed E-state index contributed by atoms with van der Waals surface area (Å²) in [6.45, 7) is 0.919. The minimum Gasteiger partial charge on any atom is -0.373 e. The van der Waals surface area contributed by atoms with E-state index in [9.17, 15) is 0 Å². The summed E-state index contributed by atoms with van der Waals surface area (Å²) < 4.78 is 5.81. The Morgan fingerprint density at radius 3 is 3.29 bits per heavy atom. The lowest BCUT2D eigenvalue weighted by atomic mass is 10.2. The number of oxime groups is 1. The lowest BCUT2D eigenvalue weighted by molar-refractivity contribution is -0.0400. The molecule has 3 atom stereocenters. The van der Waals surface area contributed by atoms with Gasteiger partial charge < -0.3 is 9.57 Å². The number of rotatable bonds is 0. The van der Waals surface area contributed by atoms with Crippen molar-refractivity contribution in [2.45, 2.75) is 37.8 Å². The Morgan fingerprint density at radius 2 is 2.29 bits per heavy atom. The van der Waals surface area contributed by atoms with Crippen LogP contribution in [0.1, 0.15) is 19.3 Å². The summed E-state index contributed by atoms with van der Waals surface area (Å²) in [6, 6.07) is 0. The maximum atomic E-state index is 5.81. The van der Waals surface area contributed by atoms with Gasteiger partial charge in [-0.25, -0.2) is 4.90 Å². The molecule has 4 heteroatoms. The van der Waals surface area contributed by atoms with Gasteiger partial charge in [0.25, 0.3) is 0 Å². The van der Waals surface area contributed by atoms with Gasteiger partial charge in [0.2, 0.25) is 6.23 Å². The van der Waals surface area contributed by atoms with E-state index in [1.165, 1.54) is 0 Å². The Bertz CT molecular complexity index is 318. The molecule has 3 aliphatic rings. The molecule has 0 radical (unpaired) electrons. The molecule has 0 amide bonds. The van der Waals surface area contributed by atoms with Crippen molar-refractivity contribution in [2.24, 2.45) is 5.16 Å². The minimum atomic E-state index is -0.0000926. The molecule has 74 valence electrons. The van der Waals surface area contributed by atoms with Crippen molar-refractivity contribution in [2.75, 3.05) is 6.54 Å². The molecule has 4 nitrogen and oxygen atoms in total. The summed E-state index contributed by atoms with van der Waals surface area (Å²) in [4.78, 5) is 7.49. The van der Waals surface area contributed by atoms with Crippen LogP contribution in [0.5, 0.6) is 0 Å². The van der Waals surface area contributed by atoms with Crippen molar-refractivity contribution in [1.82, 2.24) is 4.90 Å². The van der Waals surface area contributed by atoms with Crippen LogP contribution < -0.4 is 0 Å². The summed E-state index contributed by atoms with van der Waals surface area (Å²) in [6.07, 6.45) is 4.72. The molecule has 3 heterocycles. The van der Waals surface area contributed by atoms with Gasteiger partial charge in [0.05, 0.1) is 6.21 Å². The van der Waals surface area contributed by atoms with Crippen LogP contribution >= 0.6 is 0 Å². The third-order valence-electron chi connectivity index (χ3n) is 2.80. The Labute approximate surface area is 82.8 Å². The fraction of sp³-hybridized carbons (Fsp3) is 0.700. The highest BCUT2D eigenvalue weighted by Gasteiger charge is 2.45. The molecule has 1 saturated heterocycles. The second-order valence-corrected chi connectivity index (χ2v) is 3.69. The molecule has 0 aliphatic carbocycles. The second-order valence-electron chi connectivity index (χ2n) is 3.69. The molecule has 0 saturated carbocycles. The van der Waals surface area contributed by atoms with E-state index >= 15 is 0 Å². The maximum Gasteiger partial charge on any atom is 0.214 e. The molecule has 3 unspecified atom stereocenters. The molecule has 3 rings (SSSR count). The van der Waals surface area contributed by atoms with Crippen LogP contribution in [0.2, 0.25) is 0 Å². The Balaban J connectivity index is 1.79. The quantitative estimate of drug-likeness (QED) is 0.525. The van der Waals surface area contributed by atoms with Crippen LogP contribution in [0.15, 0.2) is 5.16 Å². The standard InChI is InChI=1S/C10H12N2O2/c1-2-4-6-12-9(5-3-1)13-8-7-11-14-10(8)12/h7-10H,3-6H2. The van der Waals surface area contributed by atoms with E-state index in [1.54, 1.807) is 6.21 Å². The van der Waals surface area contributed by atoms with Gasteiger partial charge in [0.1, 0.15) is 6.23 Å². The van der Waals surface area contributed by atoms with Gasteiger partial charge in [-0.1, -0.05) is 5.16 Å². The molecule has 0 bridgehead atoms. The summed E-state index contributed by atoms with van der Waals surface area (Å²) in [5, 5.41) is 3.79. The topological polar surface area (TPSA) is 34.1 Å². The van der Waals surface area contributed by atoms with Crippen LogP contribution in [0.4, 0.5) is 0 Å². The van der Waals surface area contributed by atoms with Gasteiger partial charge in [-0.3, -0.25) is 0 Å². The third-order valence-corrected chi connectivity index (χ3v) is 2.80. The maximum absolute atomic E-state index is 5.81. The third kappa shape index (κ3) is 1.21. The predicted octanol–water partition coefficient (Wildman–Crippen LogP) is 0.543. The van der Waals surface area contributed by atoms with Crippen molar-refractivity contribution < 1.29 is 9.57 Å². The highest BCUT2D eigenvalue weighted by molar-refractivity contribution is 5.65. The molecular formula is C10H12N2O2. The largest absolute Gasteiger partial charge is 0.373 e. The monoisotopic (exact) mass is 192 g/mol. The molecule has 3 aliphatic heterocycles. The number of nitrogens with zero attached hydrogens (tertiary/aromatic N) is 2. The lowest BCUT2D eigenvalue weighted by Crippen LogP contribution is -2.39. The van der Waals surface area contributed by atoms with E-state index in [-0.39, 0.29) is 18.6 Å². The molecular weight excluding hydrogens is 180 g/mol. The first-order valence-electron chi connectivity index (χ1n) is 5.01. The normalized spacial score (nSPS) is 40.1. The zero-order chi connectivity index (χ0) is 9.38. The first kappa shape index (κ1) is 8.27. The average molecular weight is 192 g/mol. The number of fused-ring (bicyclic) bond motifs is 3. The average Bonchev–Trinajstić information content (AvgIpc) is 2.67. The van der Waals surface area contributed by atoms with E-state index in [1.807, 2.05) is 0 Å².